The van der Waals surface area contributed by atoms with Gasteiger partial charge in [-0.05, 0) is 70.6 Å². The molecule has 0 saturated heterocycles. The maximum Gasteiger partial charge on any atom is 0.220 e. The van der Waals surface area contributed by atoms with E-state index in [2.05, 4.69) is 104 Å². The number of nitrogens with one attached hydrogen (secondary N) is 1. The summed E-state index contributed by atoms with van der Waals surface area (Å²) in [6, 6.07) is -0.537. The minimum atomic E-state index is -0.660. The van der Waals surface area contributed by atoms with Gasteiger partial charge in [0.25, 0.3) is 0 Å². The minimum Gasteiger partial charge on any atom is -0.394 e. The number of allylic oxidation sites excluding steroid dienone is 14. The molecule has 1 amide bonds. The van der Waals surface area contributed by atoms with Crippen LogP contribution in [0.25, 0.3) is 0 Å². The van der Waals surface area contributed by atoms with Gasteiger partial charge in [0.05, 0.1) is 18.8 Å². The van der Waals surface area contributed by atoms with Crippen molar-refractivity contribution in [1.29, 1.82) is 0 Å². The summed E-state index contributed by atoms with van der Waals surface area (Å²) in [7, 11) is 0. The normalized spacial score (nSPS) is 13.5. The molecule has 4 nitrogen and oxygen atoms in total. The summed E-state index contributed by atoms with van der Waals surface area (Å²) in [4.78, 5) is 12.4. The Labute approximate surface area is 386 Å². The lowest BCUT2D eigenvalue weighted by Gasteiger charge is -2.22. The van der Waals surface area contributed by atoms with E-state index in [1.54, 1.807) is 0 Å². The molecule has 0 aromatic heterocycles. The smallest absolute Gasteiger partial charge is 0.220 e. The maximum absolute atomic E-state index is 12.4. The van der Waals surface area contributed by atoms with Crippen LogP contribution in [0.1, 0.15) is 258 Å². The van der Waals surface area contributed by atoms with Crippen LogP contribution < -0.4 is 5.32 Å². The van der Waals surface area contributed by atoms with Crippen molar-refractivity contribution in [3.63, 3.8) is 0 Å². The molecule has 0 saturated carbocycles. The lowest BCUT2D eigenvalue weighted by molar-refractivity contribution is -0.123. The van der Waals surface area contributed by atoms with Crippen molar-refractivity contribution in [2.45, 2.75) is 270 Å². The van der Waals surface area contributed by atoms with Gasteiger partial charge in [0.1, 0.15) is 0 Å². The Morgan fingerprint density at radius 3 is 1.06 bits per heavy atom. The predicted molar refractivity (Wildman–Crippen MR) is 276 cm³/mol. The first-order valence-electron chi connectivity index (χ1n) is 26.8. The van der Waals surface area contributed by atoms with Crippen LogP contribution in [0.5, 0.6) is 0 Å². The second-order valence-electron chi connectivity index (χ2n) is 17.9. The summed E-state index contributed by atoms with van der Waals surface area (Å²) in [6.07, 6.45) is 77.1. The Morgan fingerprint density at radius 2 is 0.710 bits per heavy atom. The van der Waals surface area contributed by atoms with Crippen molar-refractivity contribution < 1.29 is 15.0 Å². The molecule has 0 spiro atoms. The van der Waals surface area contributed by atoms with Crippen molar-refractivity contribution in [2.75, 3.05) is 6.61 Å². The van der Waals surface area contributed by atoms with E-state index < -0.39 is 12.1 Å². The molecule has 4 heteroatoms. The molecule has 0 aliphatic heterocycles. The molecule has 0 aliphatic carbocycles. The number of aliphatic hydroxyl groups is 2. The summed E-state index contributed by atoms with van der Waals surface area (Å²) in [6.45, 7) is 4.23. The van der Waals surface area contributed by atoms with E-state index in [1.807, 2.05) is 0 Å². The summed E-state index contributed by atoms with van der Waals surface area (Å²) < 4.78 is 0. The monoisotopic (exact) mass is 862 g/mol. The van der Waals surface area contributed by atoms with Crippen molar-refractivity contribution >= 4 is 5.91 Å². The fourth-order valence-electron chi connectivity index (χ4n) is 7.87. The Balaban J connectivity index is 3.46. The van der Waals surface area contributed by atoms with Gasteiger partial charge in [-0.1, -0.05) is 266 Å². The topological polar surface area (TPSA) is 69.6 Å². The van der Waals surface area contributed by atoms with Gasteiger partial charge in [0, 0.05) is 6.42 Å². The van der Waals surface area contributed by atoms with Crippen LogP contribution in [0.4, 0.5) is 0 Å². The zero-order valence-corrected chi connectivity index (χ0v) is 41.1. The molecule has 0 rings (SSSR count). The van der Waals surface area contributed by atoms with Gasteiger partial charge in [-0.3, -0.25) is 4.79 Å². The number of aliphatic hydroxyl groups excluding tert-OH is 2. The van der Waals surface area contributed by atoms with Gasteiger partial charge in [-0.2, -0.15) is 0 Å². The molecule has 0 bridgehead atoms. The fraction of sp³-hybridized carbons (Fsp3) is 0.741. The molecule has 62 heavy (non-hydrogen) atoms. The molecule has 2 unspecified atom stereocenters. The van der Waals surface area contributed by atoms with Gasteiger partial charge in [-0.15, -0.1) is 0 Å². The van der Waals surface area contributed by atoms with Crippen LogP contribution in [0.2, 0.25) is 0 Å². The maximum atomic E-state index is 12.4. The van der Waals surface area contributed by atoms with Crippen LogP contribution in [0.3, 0.4) is 0 Å². The predicted octanol–water partition coefficient (Wildman–Crippen LogP) is 17.6. The van der Waals surface area contributed by atoms with E-state index in [4.69, 9.17) is 0 Å². The molecule has 0 radical (unpaired) electrons. The first-order valence-corrected chi connectivity index (χ1v) is 26.8. The first-order chi connectivity index (χ1) is 30.7. The quantitative estimate of drug-likeness (QED) is 0.0422. The number of unbranched alkanes of at least 4 members (excludes halogenated alkanes) is 27. The van der Waals surface area contributed by atoms with Crippen LogP contribution in [0, 0.1) is 0 Å². The highest BCUT2D eigenvalue weighted by molar-refractivity contribution is 5.76. The van der Waals surface area contributed by atoms with Crippen LogP contribution in [0.15, 0.2) is 85.1 Å². The number of hydrogen-bond acceptors (Lipinski definition) is 3. The van der Waals surface area contributed by atoms with Gasteiger partial charge >= 0.3 is 0 Å². The Morgan fingerprint density at radius 1 is 0.403 bits per heavy atom. The third-order valence-corrected chi connectivity index (χ3v) is 11.9. The van der Waals surface area contributed by atoms with E-state index in [1.165, 1.54) is 161 Å². The number of rotatable bonds is 48. The third-order valence-electron chi connectivity index (χ3n) is 11.9. The highest BCUT2D eigenvalue weighted by Gasteiger charge is 2.20. The van der Waals surface area contributed by atoms with E-state index in [0.717, 1.165) is 70.6 Å². The van der Waals surface area contributed by atoms with Gasteiger partial charge < -0.3 is 15.5 Å². The summed E-state index contributed by atoms with van der Waals surface area (Å²) in [5.41, 5.74) is 0. The number of carbonyl (C=O) groups excluding carboxylic acids is 1. The molecule has 0 aliphatic rings. The molecule has 0 fully saturated rings. The summed E-state index contributed by atoms with van der Waals surface area (Å²) >= 11 is 0. The second-order valence-corrected chi connectivity index (χ2v) is 17.9. The van der Waals surface area contributed by atoms with E-state index in [-0.39, 0.29) is 12.5 Å². The Kier molecular flexibility index (Phi) is 50.8. The molecule has 0 heterocycles. The molecular weight excluding hydrogens is 759 g/mol. The zero-order chi connectivity index (χ0) is 44.9. The molecule has 0 aromatic carbocycles. The summed E-state index contributed by atoms with van der Waals surface area (Å²) in [5, 5.41) is 23.2. The standard InChI is InChI=1S/C58H103NO3/c1-3-5-7-9-11-13-15-16-17-18-19-20-21-22-23-24-25-26-27-28-29-30-31-32-33-34-35-36-37-38-39-40-41-42-44-46-48-50-52-54-58(62)59-56(55-60)57(61)53-51-49-47-45-43-14-12-10-8-6-4-2/h5,7,11,13,16-17,19-20,22-23,25-26,28-29,56-57,60-61H,3-4,6,8-10,12,14-15,18,21,24,27,30-55H2,1-2H3,(H,59,62)/b7-5-,13-11-,17-16-,20-19-,23-22-,26-25-,29-28-. The van der Waals surface area contributed by atoms with E-state index >= 15 is 0 Å². The highest BCUT2D eigenvalue weighted by Crippen LogP contribution is 2.16. The van der Waals surface area contributed by atoms with Gasteiger partial charge in [-0.25, -0.2) is 0 Å². The lowest BCUT2D eigenvalue weighted by Crippen LogP contribution is -2.45. The molecular formula is C58H103NO3. The largest absolute Gasteiger partial charge is 0.394 e. The third kappa shape index (κ3) is 48.6. The Bertz CT molecular complexity index is 1110. The van der Waals surface area contributed by atoms with Crippen LogP contribution in [-0.4, -0.2) is 34.9 Å². The van der Waals surface area contributed by atoms with E-state index in [9.17, 15) is 15.0 Å². The molecule has 0 aromatic rings. The average molecular weight is 862 g/mol. The number of amides is 1. The fourth-order valence-corrected chi connectivity index (χ4v) is 7.87. The SMILES string of the molecule is CC/C=C\C/C=C\C/C=C\C/C=C\C/C=C\C/C=C\C/C=C\CCCCCCCCCCCCCCCCCCCC(=O)NC(CO)C(O)CCCCCCCCCCCCC. The molecule has 3 N–H and O–H groups in total. The van der Waals surface area contributed by atoms with Crippen molar-refractivity contribution in [2.24, 2.45) is 0 Å². The summed E-state index contributed by atoms with van der Waals surface area (Å²) in [5.74, 6) is -0.0330. The van der Waals surface area contributed by atoms with Crippen molar-refractivity contribution in [1.82, 2.24) is 5.32 Å². The number of carbonyl (C=O) groups is 1. The van der Waals surface area contributed by atoms with Crippen LogP contribution >= 0.6 is 0 Å². The minimum absolute atomic E-state index is 0.0330. The highest BCUT2D eigenvalue weighted by atomic mass is 16.3. The molecule has 358 valence electrons. The zero-order valence-electron chi connectivity index (χ0n) is 41.1. The average Bonchev–Trinajstić information content (AvgIpc) is 3.28. The van der Waals surface area contributed by atoms with Gasteiger partial charge in [0.2, 0.25) is 5.91 Å². The lowest BCUT2D eigenvalue weighted by atomic mass is 10.0. The molecule has 2 atom stereocenters. The first kappa shape index (κ1) is 59.6. The van der Waals surface area contributed by atoms with Crippen molar-refractivity contribution in [3.8, 4) is 0 Å². The second kappa shape index (κ2) is 52.9. The van der Waals surface area contributed by atoms with Crippen LogP contribution in [-0.2, 0) is 4.79 Å². The number of hydrogen-bond donors (Lipinski definition) is 3. The van der Waals surface area contributed by atoms with E-state index in [0.29, 0.717) is 12.8 Å². The van der Waals surface area contributed by atoms with Crippen molar-refractivity contribution in [3.05, 3.63) is 85.1 Å². The van der Waals surface area contributed by atoms with Gasteiger partial charge in [0.15, 0.2) is 0 Å². The Hall–Kier alpha value is -2.43.